The maximum Gasteiger partial charge on any atom is 0.241 e. The highest BCUT2D eigenvalue weighted by Crippen LogP contribution is 2.22. The molecule has 132 valence electrons. The van der Waals surface area contributed by atoms with E-state index in [0.717, 1.165) is 37.1 Å². The minimum atomic E-state index is -3.69. The molecule has 2 aliphatic rings. The number of amides is 1. The molecule has 0 aliphatic carbocycles. The molecule has 7 nitrogen and oxygen atoms in total. The van der Waals surface area contributed by atoms with E-state index in [2.05, 4.69) is 15.4 Å². The zero-order valence-corrected chi connectivity index (χ0v) is 14.3. The Morgan fingerprint density at radius 3 is 2.92 bits per heavy atom. The van der Waals surface area contributed by atoms with Crippen molar-refractivity contribution in [3.05, 3.63) is 29.3 Å². The van der Waals surface area contributed by atoms with Gasteiger partial charge in [-0.15, -0.1) is 0 Å². The molecule has 1 unspecified atom stereocenters. The molecule has 1 fully saturated rings. The number of nitrogens with one attached hydrogen (secondary N) is 3. The van der Waals surface area contributed by atoms with Crippen molar-refractivity contribution in [2.24, 2.45) is 5.92 Å². The highest BCUT2D eigenvalue weighted by atomic mass is 32.2. The van der Waals surface area contributed by atoms with Gasteiger partial charge in [-0.05, 0) is 55.1 Å². The van der Waals surface area contributed by atoms with E-state index in [9.17, 15) is 13.2 Å². The maximum atomic E-state index is 12.3. The van der Waals surface area contributed by atoms with Gasteiger partial charge in [0.25, 0.3) is 0 Å². The van der Waals surface area contributed by atoms with Crippen LogP contribution in [0.2, 0.25) is 0 Å². The van der Waals surface area contributed by atoms with Gasteiger partial charge in [-0.3, -0.25) is 4.79 Å². The number of carbonyl (C=O) groups is 1. The lowest BCUT2D eigenvalue weighted by molar-refractivity contribution is -0.120. The largest absolute Gasteiger partial charge is 0.372 e. The van der Waals surface area contributed by atoms with Crippen molar-refractivity contribution >= 4 is 15.9 Å². The Labute approximate surface area is 142 Å². The minimum absolute atomic E-state index is 0.164. The van der Waals surface area contributed by atoms with Gasteiger partial charge in [-0.25, -0.2) is 13.1 Å². The molecular weight excluding hydrogens is 330 g/mol. The second kappa shape index (κ2) is 7.60. The summed E-state index contributed by atoms with van der Waals surface area (Å²) in [6.45, 7) is 3.29. The first-order valence-electron chi connectivity index (χ1n) is 8.21. The van der Waals surface area contributed by atoms with Gasteiger partial charge >= 0.3 is 0 Å². The Balaban J connectivity index is 1.46. The van der Waals surface area contributed by atoms with E-state index >= 15 is 0 Å². The van der Waals surface area contributed by atoms with E-state index in [0.29, 0.717) is 25.7 Å². The third-order valence-corrected chi connectivity index (χ3v) is 5.86. The van der Waals surface area contributed by atoms with Crippen LogP contribution in [0.3, 0.4) is 0 Å². The maximum absolute atomic E-state index is 12.3. The number of rotatable bonds is 7. The summed E-state index contributed by atoms with van der Waals surface area (Å²) in [5.41, 5.74) is 1.89. The number of carbonyl (C=O) groups excluding carboxylic acids is 1. The summed E-state index contributed by atoms with van der Waals surface area (Å²) >= 11 is 0. The van der Waals surface area contributed by atoms with Crippen molar-refractivity contribution in [3.63, 3.8) is 0 Å². The number of benzene rings is 1. The van der Waals surface area contributed by atoms with Crippen molar-refractivity contribution in [2.45, 2.75) is 31.0 Å². The smallest absolute Gasteiger partial charge is 0.241 e. The van der Waals surface area contributed by atoms with Gasteiger partial charge in [0.2, 0.25) is 15.9 Å². The molecule has 2 heterocycles. The number of fused-ring (bicyclic) bond motifs is 1. The van der Waals surface area contributed by atoms with Gasteiger partial charge in [0.05, 0.1) is 24.7 Å². The molecule has 3 rings (SSSR count). The normalized spacial score (nSPS) is 20.1. The quantitative estimate of drug-likeness (QED) is 0.647. The van der Waals surface area contributed by atoms with Crippen molar-refractivity contribution in [1.82, 2.24) is 15.4 Å². The zero-order chi connectivity index (χ0) is 17.0. The molecule has 1 aromatic rings. The molecule has 2 aliphatic heterocycles. The Morgan fingerprint density at radius 2 is 2.12 bits per heavy atom. The second-order valence-corrected chi connectivity index (χ2v) is 8.01. The Morgan fingerprint density at radius 1 is 1.29 bits per heavy atom. The summed E-state index contributed by atoms with van der Waals surface area (Å²) in [7, 11) is -3.69. The summed E-state index contributed by atoms with van der Waals surface area (Å²) in [4.78, 5) is 12.0. The van der Waals surface area contributed by atoms with Gasteiger partial charge in [-0.2, -0.15) is 0 Å². The molecule has 1 aromatic carbocycles. The van der Waals surface area contributed by atoms with Gasteiger partial charge in [0.15, 0.2) is 0 Å². The van der Waals surface area contributed by atoms with Crippen LogP contribution in [0.5, 0.6) is 0 Å². The summed E-state index contributed by atoms with van der Waals surface area (Å²) < 4.78 is 32.2. The molecule has 3 N–H and O–H groups in total. The standard InChI is InChI=1S/C16H23N3O4S/c20-16(18-6-4-12-3-5-17-8-12)9-19-24(21,22)15-2-1-13-10-23-11-14(13)7-15/h1-2,7,12,17,19H,3-6,8-11H2,(H,18,20). The van der Waals surface area contributed by atoms with Crippen LogP contribution < -0.4 is 15.4 Å². The molecule has 1 saturated heterocycles. The molecule has 0 spiro atoms. The molecule has 1 atom stereocenters. The highest BCUT2D eigenvalue weighted by Gasteiger charge is 2.20. The lowest BCUT2D eigenvalue weighted by atomic mass is 10.1. The molecule has 0 saturated carbocycles. The van der Waals surface area contributed by atoms with Crippen molar-refractivity contribution in [1.29, 1.82) is 0 Å². The molecule has 24 heavy (non-hydrogen) atoms. The summed E-state index contributed by atoms with van der Waals surface area (Å²) in [6, 6.07) is 4.91. The monoisotopic (exact) mass is 353 g/mol. The average molecular weight is 353 g/mol. The van der Waals surface area contributed by atoms with Crippen LogP contribution in [-0.4, -0.2) is 40.5 Å². The first-order chi connectivity index (χ1) is 11.5. The van der Waals surface area contributed by atoms with Crippen molar-refractivity contribution in [3.8, 4) is 0 Å². The fourth-order valence-electron chi connectivity index (χ4n) is 3.00. The molecule has 1 amide bonds. The summed E-state index contributed by atoms with van der Waals surface area (Å²) in [6.07, 6.45) is 2.04. The van der Waals surface area contributed by atoms with Gasteiger partial charge < -0.3 is 15.4 Å². The first kappa shape index (κ1) is 17.3. The number of hydrogen-bond donors (Lipinski definition) is 3. The third-order valence-electron chi connectivity index (χ3n) is 4.46. The predicted octanol–water partition coefficient (Wildman–Crippen LogP) is 0.111. The predicted molar refractivity (Wildman–Crippen MR) is 88.7 cm³/mol. The number of ether oxygens (including phenoxy) is 1. The Hall–Kier alpha value is -1.48. The van der Waals surface area contributed by atoms with E-state index in [1.807, 2.05) is 0 Å². The van der Waals surface area contributed by atoms with Crippen LogP contribution in [0, 0.1) is 5.92 Å². The van der Waals surface area contributed by atoms with Crippen LogP contribution in [-0.2, 0) is 32.8 Å². The van der Waals surface area contributed by atoms with Crippen LogP contribution >= 0.6 is 0 Å². The lowest BCUT2D eigenvalue weighted by Gasteiger charge is -2.10. The second-order valence-electron chi connectivity index (χ2n) is 6.25. The number of hydrogen-bond acceptors (Lipinski definition) is 5. The zero-order valence-electron chi connectivity index (χ0n) is 13.5. The van der Waals surface area contributed by atoms with Crippen molar-refractivity contribution in [2.75, 3.05) is 26.2 Å². The van der Waals surface area contributed by atoms with Crippen LogP contribution in [0.25, 0.3) is 0 Å². The fraction of sp³-hybridized carbons (Fsp3) is 0.562. The molecule has 8 heteroatoms. The van der Waals surface area contributed by atoms with Gasteiger partial charge in [0.1, 0.15) is 0 Å². The van der Waals surface area contributed by atoms with Gasteiger partial charge in [0, 0.05) is 6.54 Å². The molecule has 0 aromatic heterocycles. The topological polar surface area (TPSA) is 96.5 Å². The Bertz CT molecular complexity index is 699. The first-order valence-corrected chi connectivity index (χ1v) is 9.69. The minimum Gasteiger partial charge on any atom is -0.372 e. The highest BCUT2D eigenvalue weighted by molar-refractivity contribution is 7.89. The average Bonchev–Trinajstić information content (AvgIpc) is 3.23. The summed E-state index contributed by atoms with van der Waals surface area (Å²) in [5.74, 6) is 0.282. The van der Waals surface area contributed by atoms with E-state index in [-0.39, 0.29) is 17.3 Å². The van der Waals surface area contributed by atoms with Crippen LogP contribution in [0.15, 0.2) is 23.1 Å². The molecule has 0 bridgehead atoms. The van der Waals surface area contributed by atoms with E-state index in [4.69, 9.17) is 4.74 Å². The lowest BCUT2D eigenvalue weighted by Crippen LogP contribution is -2.37. The van der Waals surface area contributed by atoms with E-state index in [1.54, 1.807) is 18.2 Å². The van der Waals surface area contributed by atoms with Gasteiger partial charge in [-0.1, -0.05) is 6.07 Å². The SMILES string of the molecule is O=C(CNS(=O)(=O)c1ccc2c(c1)COC2)NCCC1CCNC1. The van der Waals surface area contributed by atoms with Crippen LogP contribution in [0.1, 0.15) is 24.0 Å². The third kappa shape index (κ3) is 4.32. The summed E-state index contributed by atoms with van der Waals surface area (Å²) in [5, 5.41) is 6.04. The number of sulfonamides is 1. The fourth-order valence-corrected chi connectivity index (χ4v) is 4.03. The van der Waals surface area contributed by atoms with Crippen molar-refractivity contribution < 1.29 is 17.9 Å². The Kier molecular flexibility index (Phi) is 5.50. The van der Waals surface area contributed by atoms with E-state index < -0.39 is 10.0 Å². The van der Waals surface area contributed by atoms with E-state index in [1.165, 1.54) is 0 Å². The van der Waals surface area contributed by atoms with Crippen LogP contribution in [0.4, 0.5) is 0 Å². The molecule has 0 radical (unpaired) electrons. The molecular formula is C16H23N3O4S.